The Morgan fingerprint density at radius 2 is 1.94 bits per heavy atom. The fourth-order valence-electron chi connectivity index (χ4n) is 3.33. The molecular weight excluding hydrogens is 224 g/mol. The number of hydrogen-bond acceptors (Lipinski definition) is 3. The SMILES string of the molecule is CCN1C2(CCC(C)CC2)C(N)CS1(=O)=O. The summed E-state index contributed by atoms with van der Waals surface area (Å²) in [5, 5.41) is 0. The summed E-state index contributed by atoms with van der Waals surface area (Å²) in [5.74, 6) is 0.842. The molecule has 0 aromatic heterocycles. The molecule has 0 aromatic rings. The van der Waals surface area contributed by atoms with Gasteiger partial charge in [0.25, 0.3) is 0 Å². The van der Waals surface area contributed by atoms with E-state index in [4.69, 9.17) is 5.73 Å². The lowest BCUT2D eigenvalue weighted by Crippen LogP contribution is -2.56. The van der Waals surface area contributed by atoms with E-state index < -0.39 is 10.0 Å². The second kappa shape index (κ2) is 3.96. The van der Waals surface area contributed by atoms with Crippen LogP contribution < -0.4 is 5.73 Å². The Bertz CT molecular complexity index is 358. The molecule has 1 spiro atoms. The fraction of sp³-hybridized carbons (Fsp3) is 1.00. The average molecular weight is 246 g/mol. The molecule has 0 aromatic carbocycles. The Balaban J connectivity index is 2.32. The van der Waals surface area contributed by atoms with Gasteiger partial charge < -0.3 is 5.73 Å². The van der Waals surface area contributed by atoms with E-state index in [2.05, 4.69) is 6.92 Å². The van der Waals surface area contributed by atoms with Gasteiger partial charge in [-0.05, 0) is 31.6 Å². The fourth-order valence-corrected chi connectivity index (χ4v) is 5.54. The van der Waals surface area contributed by atoms with Gasteiger partial charge >= 0.3 is 0 Å². The Morgan fingerprint density at radius 3 is 2.44 bits per heavy atom. The highest BCUT2D eigenvalue weighted by atomic mass is 32.2. The number of sulfonamides is 1. The molecule has 2 aliphatic rings. The number of nitrogens with zero attached hydrogens (tertiary/aromatic N) is 1. The second-order valence-electron chi connectivity index (χ2n) is 5.34. The van der Waals surface area contributed by atoms with Crippen LogP contribution >= 0.6 is 0 Å². The van der Waals surface area contributed by atoms with Crippen LogP contribution in [-0.4, -0.2) is 36.6 Å². The van der Waals surface area contributed by atoms with Crippen LogP contribution in [0.2, 0.25) is 0 Å². The molecular formula is C11H22N2O2S. The van der Waals surface area contributed by atoms with Crippen LogP contribution in [0.4, 0.5) is 0 Å². The molecule has 1 saturated heterocycles. The van der Waals surface area contributed by atoms with Crippen molar-refractivity contribution in [3.63, 3.8) is 0 Å². The molecule has 1 saturated carbocycles. The van der Waals surface area contributed by atoms with Crippen molar-refractivity contribution in [3.05, 3.63) is 0 Å². The molecule has 2 rings (SSSR count). The van der Waals surface area contributed by atoms with Gasteiger partial charge in [0.05, 0.1) is 11.3 Å². The van der Waals surface area contributed by atoms with Crippen molar-refractivity contribution in [2.45, 2.75) is 51.1 Å². The maximum atomic E-state index is 12.0. The van der Waals surface area contributed by atoms with E-state index >= 15 is 0 Å². The van der Waals surface area contributed by atoms with E-state index in [1.165, 1.54) is 0 Å². The van der Waals surface area contributed by atoms with E-state index in [0.29, 0.717) is 12.5 Å². The molecule has 94 valence electrons. The first-order valence-corrected chi connectivity index (χ1v) is 7.79. The van der Waals surface area contributed by atoms with Gasteiger partial charge in [0.1, 0.15) is 0 Å². The highest BCUT2D eigenvalue weighted by Crippen LogP contribution is 2.43. The summed E-state index contributed by atoms with van der Waals surface area (Å²) < 4.78 is 25.7. The molecule has 2 N–H and O–H groups in total. The van der Waals surface area contributed by atoms with Crippen molar-refractivity contribution in [2.75, 3.05) is 12.3 Å². The monoisotopic (exact) mass is 246 g/mol. The normalized spacial score (nSPS) is 43.9. The van der Waals surface area contributed by atoms with Crippen molar-refractivity contribution >= 4 is 10.0 Å². The molecule has 5 heteroatoms. The number of likely N-dealkylation sites (N-methyl/N-ethyl adjacent to an activating group) is 1. The summed E-state index contributed by atoms with van der Waals surface area (Å²) in [6.45, 7) is 4.71. The summed E-state index contributed by atoms with van der Waals surface area (Å²) in [5.41, 5.74) is 5.85. The van der Waals surface area contributed by atoms with Crippen molar-refractivity contribution in [1.82, 2.24) is 4.31 Å². The van der Waals surface area contributed by atoms with Crippen LogP contribution in [-0.2, 0) is 10.0 Å². The van der Waals surface area contributed by atoms with Gasteiger partial charge in [0.2, 0.25) is 10.0 Å². The molecule has 1 atom stereocenters. The van der Waals surface area contributed by atoms with E-state index in [1.807, 2.05) is 6.92 Å². The zero-order valence-corrected chi connectivity index (χ0v) is 11.0. The van der Waals surface area contributed by atoms with Crippen LogP contribution in [0.25, 0.3) is 0 Å². The molecule has 2 fully saturated rings. The minimum absolute atomic E-state index is 0.134. The molecule has 1 unspecified atom stereocenters. The Hall–Kier alpha value is -0.130. The van der Waals surface area contributed by atoms with Gasteiger partial charge in [-0.3, -0.25) is 0 Å². The summed E-state index contributed by atoms with van der Waals surface area (Å²) in [6.07, 6.45) is 4.06. The Labute approximate surface area is 98.2 Å². The van der Waals surface area contributed by atoms with Crippen LogP contribution in [0.3, 0.4) is 0 Å². The average Bonchev–Trinajstić information content (AvgIpc) is 2.38. The van der Waals surface area contributed by atoms with Crippen molar-refractivity contribution < 1.29 is 8.42 Å². The first-order valence-electron chi connectivity index (χ1n) is 6.18. The predicted octanol–water partition coefficient (Wildman–Crippen LogP) is 0.928. The minimum atomic E-state index is -3.10. The topological polar surface area (TPSA) is 63.4 Å². The highest BCUT2D eigenvalue weighted by molar-refractivity contribution is 7.89. The minimum Gasteiger partial charge on any atom is -0.325 e. The van der Waals surface area contributed by atoms with E-state index in [1.54, 1.807) is 4.31 Å². The third-order valence-electron chi connectivity index (χ3n) is 4.34. The molecule has 1 aliphatic carbocycles. The van der Waals surface area contributed by atoms with Gasteiger partial charge in [-0.1, -0.05) is 13.8 Å². The summed E-state index contributed by atoms with van der Waals surface area (Å²) in [7, 11) is -3.10. The first kappa shape index (κ1) is 12.3. The molecule has 1 aliphatic heterocycles. The summed E-state index contributed by atoms with van der Waals surface area (Å²) in [4.78, 5) is 0. The summed E-state index contributed by atoms with van der Waals surface area (Å²) >= 11 is 0. The lowest BCUT2D eigenvalue weighted by Gasteiger charge is -2.43. The highest BCUT2D eigenvalue weighted by Gasteiger charge is 2.54. The lowest BCUT2D eigenvalue weighted by atomic mass is 9.73. The molecule has 0 radical (unpaired) electrons. The molecule has 16 heavy (non-hydrogen) atoms. The third-order valence-corrected chi connectivity index (χ3v) is 6.41. The quantitative estimate of drug-likeness (QED) is 0.748. The van der Waals surface area contributed by atoms with Crippen LogP contribution in [0.1, 0.15) is 39.5 Å². The standard InChI is InChI=1S/C11H22N2O2S/c1-3-13-11(6-4-9(2)5-7-11)10(12)8-16(13,14)15/h9-10H,3-8,12H2,1-2H3. The maximum absolute atomic E-state index is 12.0. The largest absolute Gasteiger partial charge is 0.325 e. The van der Waals surface area contributed by atoms with E-state index in [-0.39, 0.29) is 17.3 Å². The zero-order chi connectivity index (χ0) is 12.0. The van der Waals surface area contributed by atoms with Crippen molar-refractivity contribution in [1.29, 1.82) is 0 Å². The van der Waals surface area contributed by atoms with Gasteiger partial charge in [-0.15, -0.1) is 0 Å². The lowest BCUT2D eigenvalue weighted by molar-refractivity contribution is 0.109. The number of hydrogen-bond donors (Lipinski definition) is 1. The van der Waals surface area contributed by atoms with Gasteiger partial charge in [-0.2, -0.15) is 4.31 Å². The number of rotatable bonds is 1. The summed E-state index contributed by atoms with van der Waals surface area (Å²) in [6, 6.07) is -0.204. The van der Waals surface area contributed by atoms with Crippen molar-refractivity contribution in [2.24, 2.45) is 11.7 Å². The molecule has 0 amide bonds. The van der Waals surface area contributed by atoms with Gasteiger partial charge in [-0.25, -0.2) is 8.42 Å². The maximum Gasteiger partial charge on any atom is 0.216 e. The van der Waals surface area contributed by atoms with Crippen LogP contribution in [0, 0.1) is 5.92 Å². The van der Waals surface area contributed by atoms with Gasteiger partial charge in [0.15, 0.2) is 0 Å². The molecule has 0 bridgehead atoms. The van der Waals surface area contributed by atoms with Crippen LogP contribution in [0.15, 0.2) is 0 Å². The molecule has 1 heterocycles. The predicted molar refractivity (Wildman–Crippen MR) is 64.5 cm³/mol. The van der Waals surface area contributed by atoms with E-state index in [0.717, 1.165) is 25.7 Å². The second-order valence-corrected chi connectivity index (χ2v) is 7.27. The van der Waals surface area contributed by atoms with E-state index in [9.17, 15) is 8.42 Å². The Kier molecular flexibility index (Phi) is 3.05. The first-order chi connectivity index (χ1) is 7.42. The molecule has 4 nitrogen and oxygen atoms in total. The number of nitrogens with two attached hydrogens (primary N) is 1. The van der Waals surface area contributed by atoms with Crippen LogP contribution in [0.5, 0.6) is 0 Å². The van der Waals surface area contributed by atoms with Crippen molar-refractivity contribution in [3.8, 4) is 0 Å². The smallest absolute Gasteiger partial charge is 0.216 e. The third kappa shape index (κ3) is 1.69. The Morgan fingerprint density at radius 1 is 1.38 bits per heavy atom. The zero-order valence-electron chi connectivity index (χ0n) is 10.1. The van der Waals surface area contributed by atoms with Gasteiger partial charge in [0, 0.05) is 12.6 Å².